The molecule has 0 unspecified atom stereocenters. The van der Waals surface area contributed by atoms with Gasteiger partial charge in [-0.15, -0.1) is 0 Å². The Bertz CT molecular complexity index is 332. The average molecular weight is 201 g/mol. The van der Waals surface area contributed by atoms with Gasteiger partial charge >= 0.3 is 6.18 Å². The van der Waals surface area contributed by atoms with Gasteiger partial charge in [0.1, 0.15) is 0 Å². The summed E-state index contributed by atoms with van der Waals surface area (Å²) < 4.78 is 37.0. The third-order valence-electron chi connectivity index (χ3n) is 2.55. The second kappa shape index (κ2) is 2.73. The van der Waals surface area contributed by atoms with Gasteiger partial charge < -0.3 is 5.73 Å². The summed E-state index contributed by atoms with van der Waals surface area (Å²) in [7, 11) is 0. The summed E-state index contributed by atoms with van der Waals surface area (Å²) in [5.74, 6) is 0. The summed E-state index contributed by atoms with van der Waals surface area (Å²) in [4.78, 5) is 0. The summed E-state index contributed by atoms with van der Waals surface area (Å²) >= 11 is 0. The fourth-order valence-electron chi connectivity index (χ4n) is 1.43. The highest BCUT2D eigenvalue weighted by atomic mass is 19.4. The van der Waals surface area contributed by atoms with E-state index in [-0.39, 0.29) is 0 Å². The van der Waals surface area contributed by atoms with Crippen molar-refractivity contribution in [2.45, 2.75) is 24.6 Å². The molecule has 2 rings (SSSR count). The molecule has 1 aliphatic rings. The Labute approximate surface area is 79.7 Å². The van der Waals surface area contributed by atoms with Crippen molar-refractivity contribution in [1.29, 1.82) is 0 Å². The molecular weight excluding hydrogens is 191 g/mol. The molecule has 0 aromatic heterocycles. The predicted octanol–water partition coefficient (Wildman–Crippen LogP) is 2.65. The summed E-state index contributed by atoms with van der Waals surface area (Å²) in [6, 6.07) is 5.27. The smallest absolute Gasteiger partial charge is 0.321 e. The molecule has 4 heteroatoms. The zero-order chi connectivity index (χ0) is 10.4. The number of hydrogen-bond donors (Lipinski definition) is 1. The Morgan fingerprint density at radius 3 is 2.36 bits per heavy atom. The third kappa shape index (κ3) is 1.62. The van der Waals surface area contributed by atoms with Crippen LogP contribution in [0, 0.1) is 0 Å². The van der Waals surface area contributed by atoms with Gasteiger partial charge in [-0.25, -0.2) is 0 Å². The van der Waals surface area contributed by atoms with Gasteiger partial charge in [-0.2, -0.15) is 13.2 Å². The highest BCUT2D eigenvalue weighted by Crippen LogP contribution is 2.43. The molecule has 0 bridgehead atoms. The van der Waals surface area contributed by atoms with Gasteiger partial charge in [0.25, 0.3) is 0 Å². The third-order valence-corrected chi connectivity index (χ3v) is 2.55. The molecule has 2 N–H and O–H groups in total. The second-order valence-electron chi connectivity index (χ2n) is 3.73. The van der Waals surface area contributed by atoms with Crippen molar-refractivity contribution in [2.75, 3.05) is 0 Å². The molecule has 0 amide bonds. The molecular formula is C10H10F3N. The Morgan fingerprint density at radius 1 is 1.21 bits per heavy atom. The molecule has 0 spiro atoms. The van der Waals surface area contributed by atoms with Crippen LogP contribution in [0.25, 0.3) is 0 Å². The molecule has 1 aromatic rings. The van der Waals surface area contributed by atoms with E-state index in [0.29, 0.717) is 5.56 Å². The molecule has 76 valence electrons. The van der Waals surface area contributed by atoms with E-state index in [1.165, 1.54) is 6.07 Å². The molecule has 14 heavy (non-hydrogen) atoms. The second-order valence-corrected chi connectivity index (χ2v) is 3.73. The highest BCUT2D eigenvalue weighted by molar-refractivity contribution is 5.34. The molecule has 0 aliphatic heterocycles. The monoisotopic (exact) mass is 201 g/mol. The number of hydrogen-bond acceptors (Lipinski definition) is 1. The molecule has 0 saturated heterocycles. The van der Waals surface area contributed by atoms with Crippen LogP contribution in [-0.4, -0.2) is 0 Å². The average Bonchev–Trinajstić information content (AvgIpc) is 2.84. The number of alkyl halides is 3. The van der Waals surface area contributed by atoms with E-state index in [4.69, 9.17) is 5.73 Å². The van der Waals surface area contributed by atoms with E-state index in [9.17, 15) is 13.2 Å². The van der Waals surface area contributed by atoms with E-state index in [0.717, 1.165) is 25.0 Å². The zero-order valence-corrected chi connectivity index (χ0v) is 7.43. The van der Waals surface area contributed by atoms with Crippen LogP contribution in [0.4, 0.5) is 13.2 Å². The minimum Gasteiger partial charge on any atom is -0.321 e. The van der Waals surface area contributed by atoms with Crippen molar-refractivity contribution in [2.24, 2.45) is 5.73 Å². The van der Waals surface area contributed by atoms with E-state index < -0.39 is 17.3 Å². The van der Waals surface area contributed by atoms with Gasteiger partial charge in [-0.05, 0) is 30.5 Å². The van der Waals surface area contributed by atoms with Crippen LogP contribution in [0.15, 0.2) is 24.3 Å². The van der Waals surface area contributed by atoms with Crippen molar-refractivity contribution in [1.82, 2.24) is 0 Å². The maximum Gasteiger partial charge on any atom is 0.416 e. The zero-order valence-electron chi connectivity index (χ0n) is 7.43. The normalized spacial score (nSPS) is 19.4. The van der Waals surface area contributed by atoms with Gasteiger partial charge in [-0.3, -0.25) is 0 Å². The molecule has 1 saturated carbocycles. The number of halogens is 3. The maximum absolute atomic E-state index is 12.3. The first kappa shape index (κ1) is 9.52. The first-order chi connectivity index (χ1) is 6.42. The molecule has 1 nitrogen and oxygen atoms in total. The quantitative estimate of drug-likeness (QED) is 0.742. The minimum atomic E-state index is -4.28. The first-order valence-electron chi connectivity index (χ1n) is 4.38. The SMILES string of the molecule is NC1(c2cccc(C(F)(F)F)c2)CC1. The van der Waals surface area contributed by atoms with Crippen LogP contribution in [0.2, 0.25) is 0 Å². The molecule has 0 atom stereocenters. The van der Waals surface area contributed by atoms with Crippen molar-refractivity contribution in [3.05, 3.63) is 35.4 Å². The summed E-state index contributed by atoms with van der Waals surface area (Å²) in [6.45, 7) is 0. The van der Waals surface area contributed by atoms with Crippen LogP contribution in [0.3, 0.4) is 0 Å². The van der Waals surface area contributed by atoms with E-state index in [2.05, 4.69) is 0 Å². The fourth-order valence-corrected chi connectivity index (χ4v) is 1.43. The van der Waals surface area contributed by atoms with Crippen LogP contribution in [-0.2, 0) is 11.7 Å². The van der Waals surface area contributed by atoms with Crippen LogP contribution < -0.4 is 5.73 Å². The predicted molar refractivity (Wildman–Crippen MR) is 46.5 cm³/mol. The first-order valence-corrected chi connectivity index (χ1v) is 4.38. The lowest BCUT2D eigenvalue weighted by Crippen LogP contribution is -2.19. The number of benzene rings is 1. The van der Waals surface area contributed by atoms with Crippen molar-refractivity contribution in [3.63, 3.8) is 0 Å². The Hall–Kier alpha value is -1.03. The topological polar surface area (TPSA) is 26.0 Å². The lowest BCUT2D eigenvalue weighted by atomic mass is 10.0. The lowest BCUT2D eigenvalue weighted by Gasteiger charge is -2.12. The van der Waals surface area contributed by atoms with Gasteiger partial charge in [0.05, 0.1) is 5.56 Å². The summed E-state index contributed by atoms with van der Waals surface area (Å²) in [5, 5.41) is 0. The number of rotatable bonds is 1. The van der Waals surface area contributed by atoms with Gasteiger partial charge in [-0.1, -0.05) is 12.1 Å². The Morgan fingerprint density at radius 2 is 1.86 bits per heavy atom. The van der Waals surface area contributed by atoms with Gasteiger partial charge in [0, 0.05) is 5.54 Å². The van der Waals surface area contributed by atoms with Crippen molar-refractivity contribution in [3.8, 4) is 0 Å². The standard InChI is InChI=1S/C10H10F3N/c11-10(12,13)8-3-1-2-7(6-8)9(14)4-5-9/h1-3,6H,4-5,14H2. The van der Waals surface area contributed by atoms with Gasteiger partial charge in [0.2, 0.25) is 0 Å². The van der Waals surface area contributed by atoms with Crippen molar-refractivity contribution < 1.29 is 13.2 Å². The molecule has 0 heterocycles. The maximum atomic E-state index is 12.3. The highest BCUT2D eigenvalue weighted by Gasteiger charge is 2.41. The van der Waals surface area contributed by atoms with Gasteiger partial charge in [0.15, 0.2) is 0 Å². The Kier molecular flexibility index (Phi) is 1.86. The van der Waals surface area contributed by atoms with Crippen LogP contribution >= 0.6 is 0 Å². The summed E-state index contributed by atoms with van der Waals surface area (Å²) in [6.07, 6.45) is -2.73. The van der Waals surface area contributed by atoms with Crippen LogP contribution in [0.5, 0.6) is 0 Å². The molecule has 1 aromatic carbocycles. The van der Waals surface area contributed by atoms with Crippen molar-refractivity contribution >= 4 is 0 Å². The largest absolute Gasteiger partial charge is 0.416 e. The molecule has 1 fully saturated rings. The number of nitrogens with two attached hydrogens (primary N) is 1. The minimum absolute atomic E-state index is 0.499. The van der Waals surface area contributed by atoms with E-state index in [1.54, 1.807) is 6.07 Å². The molecule has 0 radical (unpaired) electrons. The van der Waals surface area contributed by atoms with E-state index in [1.807, 2.05) is 0 Å². The molecule has 1 aliphatic carbocycles. The Balaban J connectivity index is 2.37. The fraction of sp³-hybridized carbons (Fsp3) is 0.400. The van der Waals surface area contributed by atoms with E-state index >= 15 is 0 Å². The lowest BCUT2D eigenvalue weighted by molar-refractivity contribution is -0.137. The van der Waals surface area contributed by atoms with Crippen LogP contribution in [0.1, 0.15) is 24.0 Å². The summed E-state index contributed by atoms with van der Waals surface area (Å²) in [5.41, 5.74) is 5.29.